The third kappa shape index (κ3) is 6.43. The summed E-state index contributed by atoms with van der Waals surface area (Å²) in [6.45, 7) is 2.14. The van der Waals surface area contributed by atoms with Gasteiger partial charge in [0.2, 0.25) is 10.0 Å². The van der Waals surface area contributed by atoms with Crippen LogP contribution in [0.1, 0.15) is 28.4 Å². The Balaban J connectivity index is 1.79. The van der Waals surface area contributed by atoms with E-state index in [1.807, 2.05) is 60.7 Å². The molecule has 0 aliphatic rings. The summed E-state index contributed by atoms with van der Waals surface area (Å²) < 4.78 is 34.1. The van der Waals surface area contributed by atoms with Gasteiger partial charge in [0, 0.05) is 13.1 Å². The van der Waals surface area contributed by atoms with Gasteiger partial charge < -0.3 is 14.4 Å². The van der Waals surface area contributed by atoms with Crippen molar-refractivity contribution in [3.63, 3.8) is 0 Å². The maximum absolute atomic E-state index is 13.3. The van der Waals surface area contributed by atoms with Crippen LogP contribution in [0.2, 0.25) is 0 Å². The minimum atomic E-state index is -4.14. The monoisotopic (exact) mass is 482 g/mol. The average Bonchev–Trinajstić information content (AvgIpc) is 2.83. The molecule has 0 aliphatic carbocycles. The minimum Gasteiger partial charge on any atom is -0.495 e. The number of carbonyl (C=O) groups excluding carboxylic acids is 2. The molecule has 3 aromatic carbocycles. The third-order valence-corrected chi connectivity index (χ3v) is 6.01. The predicted octanol–water partition coefficient (Wildman–Crippen LogP) is 3.12. The van der Waals surface area contributed by atoms with E-state index in [0.717, 1.165) is 17.2 Å². The largest absolute Gasteiger partial charge is 0.495 e. The number of nitrogens with two attached hydrogens (primary N) is 1. The summed E-state index contributed by atoms with van der Waals surface area (Å²) in [6.07, 6.45) is -1.11. The van der Waals surface area contributed by atoms with Crippen LogP contribution < -0.4 is 9.88 Å². The van der Waals surface area contributed by atoms with Gasteiger partial charge in [-0.05, 0) is 36.2 Å². The number of ether oxygens (including phenoxy) is 2. The van der Waals surface area contributed by atoms with Gasteiger partial charge >= 0.3 is 5.97 Å². The van der Waals surface area contributed by atoms with Crippen molar-refractivity contribution in [2.24, 2.45) is 5.14 Å². The molecule has 0 spiro atoms. The summed E-state index contributed by atoms with van der Waals surface area (Å²) >= 11 is 0. The van der Waals surface area contributed by atoms with Crippen LogP contribution >= 0.6 is 0 Å². The molecule has 1 amide bonds. The van der Waals surface area contributed by atoms with Gasteiger partial charge in [0.25, 0.3) is 5.91 Å². The lowest BCUT2D eigenvalue weighted by Gasteiger charge is -2.26. The van der Waals surface area contributed by atoms with Crippen molar-refractivity contribution in [2.45, 2.75) is 31.0 Å². The van der Waals surface area contributed by atoms with E-state index in [2.05, 4.69) is 0 Å². The van der Waals surface area contributed by atoms with Crippen molar-refractivity contribution in [1.82, 2.24) is 4.90 Å². The van der Waals surface area contributed by atoms with Crippen LogP contribution in [0.4, 0.5) is 0 Å². The first-order valence-corrected chi connectivity index (χ1v) is 12.0. The Labute approximate surface area is 199 Å². The number of primary sulfonamides is 1. The maximum Gasteiger partial charge on any atom is 0.338 e. The second kappa shape index (κ2) is 11.0. The zero-order valence-electron chi connectivity index (χ0n) is 18.9. The van der Waals surface area contributed by atoms with Crippen LogP contribution in [0.3, 0.4) is 0 Å². The van der Waals surface area contributed by atoms with Crippen molar-refractivity contribution in [1.29, 1.82) is 0 Å². The fraction of sp³-hybridized carbons (Fsp3) is 0.200. The van der Waals surface area contributed by atoms with Crippen molar-refractivity contribution >= 4 is 21.9 Å². The number of sulfonamides is 1. The molecule has 0 saturated heterocycles. The number of amides is 1. The molecule has 0 heterocycles. The summed E-state index contributed by atoms with van der Waals surface area (Å²) in [4.78, 5) is 27.2. The molecule has 3 rings (SSSR count). The Hall–Kier alpha value is -3.69. The molecule has 8 nitrogen and oxygen atoms in total. The summed E-state index contributed by atoms with van der Waals surface area (Å²) in [5, 5.41) is 5.22. The summed E-state index contributed by atoms with van der Waals surface area (Å²) in [5.41, 5.74) is 1.79. The van der Waals surface area contributed by atoms with E-state index in [1.54, 1.807) is 4.90 Å². The van der Waals surface area contributed by atoms with Gasteiger partial charge in [-0.25, -0.2) is 18.4 Å². The van der Waals surface area contributed by atoms with Crippen molar-refractivity contribution in [2.75, 3.05) is 7.11 Å². The highest BCUT2D eigenvalue weighted by Gasteiger charge is 2.26. The highest BCUT2D eigenvalue weighted by molar-refractivity contribution is 7.89. The van der Waals surface area contributed by atoms with E-state index < -0.39 is 22.1 Å². The number of hydrogen-bond donors (Lipinski definition) is 1. The van der Waals surface area contributed by atoms with E-state index in [-0.39, 0.29) is 22.1 Å². The summed E-state index contributed by atoms with van der Waals surface area (Å²) in [7, 11) is -2.85. The number of methoxy groups -OCH3 is 1. The molecule has 2 N–H and O–H groups in total. The molecule has 0 saturated carbocycles. The first kappa shape index (κ1) is 24.9. The normalized spacial score (nSPS) is 12.0. The summed E-state index contributed by atoms with van der Waals surface area (Å²) in [6, 6.07) is 22.7. The molecule has 34 heavy (non-hydrogen) atoms. The summed E-state index contributed by atoms with van der Waals surface area (Å²) in [5.74, 6) is -1.24. The lowest BCUT2D eigenvalue weighted by atomic mass is 10.1. The SMILES string of the molecule is COc1ccc(C(=O)OC(C)C(=O)N(Cc2ccccc2)Cc2ccccc2)cc1S(N)(=O)=O. The maximum atomic E-state index is 13.3. The number of nitrogens with zero attached hydrogens (tertiary/aromatic N) is 1. The molecule has 0 bridgehead atoms. The molecular weight excluding hydrogens is 456 g/mol. The van der Waals surface area contributed by atoms with Crippen LogP contribution in [0, 0.1) is 0 Å². The third-order valence-electron chi connectivity index (χ3n) is 5.08. The molecule has 0 radical (unpaired) electrons. The average molecular weight is 483 g/mol. The number of esters is 1. The van der Waals surface area contributed by atoms with Gasteiger partial charge in [0.05, 0.1) is 12.7 Å². The van der Waals surface area contributed by atoms with Gasteiger partial charge in [-0.15, -0.1) is 0 Å². The first-order chi connectivity index (χ1) is 16.2. The quantitative estimate of drug-likeness (QED) is 0.469. The molecule has 0 fully saturated rings. The molecule has 1 unspecified atom stereocenters. The predicted molar refractivity (Wildman–Crippen MR) is 126 cm³/mol. The second-order valence-corrected chi connectivity index (χ2v) is 9.15. The standard InChI is InChI=1S/C25H26N2O6S/c1-18(33-25(29)21-13-14-22(32-2)23(15-21)34(26,30)31)24(28)27(16-19-9-5-3-6-10-19)17-20-11-7-4-8-12-20/h3-15,18H,16-17H2,1-2H3,(H2,26,30,31). The fourth-order valence-electron chi connectivity index (χ4n) is 3.38. The Morgan fingerprint density at radius 2 is 1.44 bits per heavy atom. The van der Waals surface area contributed by atoms with Crippen molar-refractivity contribution in [3.8, 4) is 5.75 Å². The zero-order valence-corrected chi connectivity index (χ0v) is 19.7. The van der Waals surface area contributed by atoms with E-state index in [4.69, 9.17) is 14.6 Å². The zero-order chi connectivity index (χ0) is 24.7. The molecule has 0 aromatic heterocycles. The Kier molecular flexibility index (Phi) is 8.04. The molecule has 3 aromatic rings. The lowest BCUT2D eigenvalue weighted by molar-refractivity contribution is -0.141. The van der Waals surface area contributed by atoms with Crippen molar-refractivity contribution in [3.05, 3.63) is 95.6 Å². The Morgan fingerprint density at radius 1 is 0.912 bits per heavy atom. The highest BCUT2D eigenvalue weighted by Crippen LogP contribution is 2.24. The Morgan fingerprint density at radius 3 is 1.91 bits per heavy atom. The van der Waals surface area contributed by atoms with Crippen LogP contribution in [0.15, 0.2) is 83.8 Å². The van der Waals surface area contributed by atoms with Crippen LogP contribution in [0.25, 0.3) is 0 Å². The van der Waals surface area contributed by atoms with Gasteiger partial charge in [-0.2, -0.15) is 0 Å². The van der Waals surface area contributed by atoms with Crippen LogP contribution in [-0.4, -0.2) is 38.4 Å². The topological polar surface area (TPSA) is 116 Å². The van der Waals surface area contributed by atoms with Gasteiger partial charge in [0.1, 0.15) is 10.6 Å². The minimum absolute atomic E-state index is 0.0000669. The number of carbonyl (C=O) groups is 2. The highest BCUT2D eigenvalue weighted by atomic mass is 32.2. The van der Waals surface area contributed by atoms with E-state index in [0.29, 0.717) is 13.1 Å². The smallest absolute Gasteiger partial charge is 0.338 e. The van der Waals surface area contributed by atoms with Gasteiger partial charge in [-0.1, -0.05) is 60.7 Å². The molecule has 9 heteroatoms. The van der Waals surface area contributed by atoms with Crippen LogP contribution in [-0.2, 0) is 32.6 Å². The van der Waals surface area contributed by atoms with E-state index >= 15 is 0 Å². The molecule has 178 valence electrons. The number of rotatable bonds is 9. The van der Waals surface area contributed by atoms with Gasteiger partial charge in [-0.3, -0.25) is 4.79 Å². The second-order valence-electron chi connectivity index (χ2n) is 7.62. The van der Waals surface area contributed by atoms with E-state index in [9.17, 15) is 18.0 Å². The molecular formula is C25H26N2O6S. The first-order valence-electron chi connectivity index (χ1n) is 10.5. The molecule has 0 aliphatic heterocycles. The van der Waals surface area contributed by atoms with E-state index in [1.165, 1.54) is 26.2 Å². The number of benzene rings is 3. The fourth-order valence-corrected chi connectivity index (χ4v) is 4.10. The van der Waals surface area contributed by atoms with Crippen molar-refractivity contribution < 1.29 is 27.5 Å². The number of hydrogen-bond acceptors (Lipinski definition) is 6. The lowest BCUT2D eigenvalue weighted by Crippen LogP contribution is -2.39. The molecule has 1 atom stereocenters. The van der Waals surface area contributed by atoms with Gasteiger partial charge in [0.15, 0.2) is 6.10 Å². The Bertz CT molecular complexity index is 1210. The van der Waals surface area contributed by atoms with Crippen LogP contribution in [0.5, 0.6) is 5.75 Å².